The molecule has 0 aliphatic carbocycles. The summed E-state index contributed by atoms with van der Waals surface area (Å²) in [6, 6.07) is 8.64. The van der Waals surface area contributed by atoms with Gasteiger partial charge in [0, 0.05) is 40.5 Å². The molecule has 44 heavy (non-hydrogen) atoms. The lowest BCUT2D eigenvalue weighted by atomic mass is 9.74. The molecule has 0 saturated carbocycles. The van der Waals surface area contributed by atoms with Gasteiger partial charge in [-0.25, -0.2) is 0 Å². The number of phenolic OH excluding ortho intramolecular Hbond substituents is 8. The van der Waals surface area contributed by atoms with Crippen molar-refractivity contribution in [3.63, 3.8) is 0 Å². The molecule has 0 saturated heterocycles. The van der Waals surface area contributed by atoms with Crippen LogP contribution in [-0.4, -0.2) is 69.1 Å². The molecule has 226 valence electrons. The van der Waals surface area contributed by atoms with E-state index in [2.05, 4.69) is 0 Å². The first-order valence-electron chi connectivity index (χ1n) is 13.0. The van der Waals surface area contributed by atoms with Crippen LogP contribution in [0.25, 0.3) is 0 Å². The van der Waals surface area contributed by atoms with Crippen LogP contribution in [0.1, 0.15) is 44.6 Å². The van der Waals surface area contributed by atoms with E-state index in [0.717, 1.165) is 42.5 Å². The largest absolute Gasteiger partial charge is 0.508 e. The number of carbonyl (C=O) groups excluding carboxylic acids is 1. The maximum absolute atomic E-state index is 13.5. The summed E-state index contributed by atoms with van der Waals surface area (Å²) in [5.74, 6) is -10.8. The van der Waals surface area contributed by atoms with Crippen molar-refractivity contribution in [2.75, 3.05) is 0 Å². The molecule has 0 fully saturated rings. The van der Waals surface area contributed by atoms with Crippen molar-refractivity contribution in [2.24, 2.45) is 0 Å². The number of phenols is 8. The fraction of sp³-hybridized carbons (Fsp3) is 0.167. The molecule has 2 bridgehead atoms. The highest BCUT2D eigenvalue weighted by atomic mass is 16.7. The molecular formula is C30H22O14. The third kappa shape index (κ3) is 3.46. The van der Waals surface area contributed by atoms with E-state index in [1.54, 1.807) is 0 Å². The first-order valence-corrected chi connectivity index (χ1v) is 13.0. The number of ether oxygens (including phenoxy) is 3. The van der Waals surface area contributed by atoms with Crippen molar-refractivity contribution in [1.29, 1.82) is 0 Å². The Kier molecular flexibility index (Phi) is 5.48. The Bertz CT molecular complexity index is 1920. The van der Waals surface area contributed by atoms with Crippen LogP contribution in [0.2, 0.25) is 0 Å². The van der Waals surface area contributed by atoms with Crippen molar-refractivity contribution in [3.05, 3.63) is 76.3 Å². The summed E-state index contributed by atoms with van der Waals surface area (Å²) in [5, 5.41) is 105. The standard InChI is InChI=1S/C30H22O14/c31-10-6-15(35)19-17(7-10)43-30(9-1-3-12(32)14(34)5-9)29(41)22(19)21-18(44-30)8-16(36)20-25(39)26(40)27(42-28(20)21)11-2-4-13(33)24(38)23(11)37/h1-8,22,26-27,29,31-38,40-41H. The molecule has 4 aromatic rings. The third-order valence-electron chi connectivity index (χ3n) is 8.11. The minimum Gasteiger partial charge on any atom is -0.508 e. The number of carbonyl (C=O) groups is 1. The van der Waals surface area contributed by atoms with Gasteiger partial charge in [0.15, 0.2) is 35.2 Å². The van der Waals surface area contributed by atoms with Gasteiger partial charge < -0.3 is 65.3 Å². The molecule has 0 spiro atoms. The molecule has 5 unspecified atom stereocenters. The van der Waals surface area contributed by atoms with Crippen LogP contribution in [0.5, 0.6) is 63.2 Å². The van der Waals surface area contributed by atoms with E-state index in [4.69, 9.17) is 14.2 Å². The average Bonchev–Trinajstić information content (AvgIpc) is 2.95. The predicted octanol–water partition coefficient (Wildman–Crippen LogP) is 2.14. The van der Waals surface area contributed by atoms with Crippen LogP contribution in [0.4, 0.5) is 0 Å². The molecule has 14 heteroatoms. The number of rotatable bonds is 2. The second-order valence-electron chi connectivity index (χ2n) is 10.6. The number of hydrogen-bond acceptors (Lipinski definition) is 14. The van der Waals surface area contributed by atoms with Crippen LogP contribution in [0, 0.1) is 0 Å². The number of fused-ring (bicyclic) bond motifs is 8. The topological polar surface area (TPSA) is 247 Å². The van der Waals surface area contributed by atoms with Crippen LogP contribution in [0.15, 0.2) is 48.5 Å². The van der Waals surface area contributed by atoms with Gasteiger partial charge in [0.25, 0.3) is 0 Å². The summed E-state index contributed by atoms with van der Waals surface area (Å²) >= 11 is 0. The number of ketones is 1. The Morgan fingerprint density at radius 3 is 2.05 bits per heavy atom. The molecule has 3 aliphatic heterocycles. The number of benzene rings is 4. The van der Waals surface area contributed by atoms with Crippen molar-refractivity contribution >= 4 is 5.78 Å². The van der Waals surface area contributed by atoms with E-state index in [-0.39, 0.29) is 33.8 Å². The molecule has 3 aliphatic rings. The van der Waals surface area contributed by atoms with E-state index in [1.165, 1.54) is 6.07 Å². The number of hydrogen-bond donors (Lipinski definition) is 10. The molecule has 10 N–H and O–H groups in total. The van der Waals surface area contributed by atoms with Gasteiger partial charge in [-0.3, -0.25) is 4.79 Å². The van der Waals surface area contributed by atoms with Crippen LogP contribution < -0.4 is 14.2 Å². The Morgan fingerprint density at radius 1 is 0.659 bits per heavy atom. The lowest BCUT2D eigenvalue weighted by Gasteiger charge is -2.50. The van der Waals surface area contributed by atoms with Gasteiger partial charge >= 0.3 is 5.79 Å². The Hall–Kier alpha value is -5.73. The van der Waals surface area contributed by atoms with Crippen molar-refractivity contribution in [2.45, 2.75) is 30.0 Å². The van der Waals surface area contributed by atoms with E-state index in [9.17, 15) is 55.9 Å². The van der Waals surface area contributed by atoms with Gasteiger partial charge in [-0.1, -0.05) is 0 Å². The quantitative estimate of drug-likeness (QED) is 0.147. The second kappa shape index (κ2) is 8.89. The fourth-order valence-corrected chi connectivity index (χ4v) is 6.07. The highest BCUT2D eigenvalue weighted by molar-refractivity contribution is 6.06. The van der Waals surface area contributed by atoms with E-state index < -0.39 is 93.1 Å². The zero-order chi connectivity index (χ0) is 31.4. The van der Waals surface area contributed by atoms with Crippen molar-refractivity contribution < 1.29 is 70.1 Å². The van der Waals surface area contributed by atoms with Gasteiger partial charge in [-0.05, 0) is 30.3 Å². The summed E-state index contributed by atoms with van der Waals surface area (Å²) in [6.07, 6.45) is -5.54. The molecule has 0 amide bonds. The Morgan fingerprint density at radius 2 is 1.34 bits per heavy atom. The second-order valence-corrected chi connectivity index (χ2v) is 10.6. The summed E-state index contributed by atoms with van der Waals surface area (Å²) in [5.41, 5.74) is -1.06. The van der Waals surface area contributed by atoms with E-state index in [0.29, 0.717) is 0 Å². The van der Waals surface area contributed by atoms with E-state index in [1.807, 2.05) is 0 Å². The van der Waals surface area contributed by atoms with Gasteiger partial charge in [0.05, 0.1) is 5.92 Å². The Labute approximate surface area is 245 Å². The number of aromatic hydroxyl groups is 8. The maximum Gasteiger partial charge on any atom is 0.305 e. The first-order chi connectivity index (χ1) is 20.8. The van der Waals surface area contributed by atoms with Gasteiger partial charge in [0.1, 0.15) is 46.2 Å². The molecule has 4 aromatic carbocycles. The molecule has 5 atom stereocenters. The normalized spacial score (nSPS) is 24.6. The third-order valence-corrected chi connectivity index (χ3v) is 8.11. The predicted molar refractivity (Wildman–Crippen MR) is 144 cm³/mol. The molecule has 14 nitrogen and oxygen atoms in total. The van der Waals surface area contributed by atoms with Crippen LogP contribution in [-0.2, 0) is 5.79 Å². The maximum atomic E-state index is 13.5. The molecular weight excluding hydrogens is 584 g/mol. The smallest absolute Gasteiger partial charge is 0.305 e. The zero-order valence-electron chi connectivity index (χ0n) is 22.0. The highest BCUT2D eigenvalue weighted by Gasteiger charge is 2.60. The van der Waals surface area contributed by atoms with Crippen molar-refractivity contribution in [3.8, 4) is 63.2 Å². The van der Waals surface area contributed by atoms with Crippen LogP contribution in [0.3, 0.4) is 0 Å². The molecule has 7 rings (SSSR count). The van der Waals surface area contributed by atoms with Gasteiger partial charge in [-0.2, -0.15) is 0 Å². The summed E-state index contributed by atoms with van der Waals surface area (Å²) in [4.78, 5) is 13.5. The Balaban J connectivity index is 1.51. The zero-order valence-corrected chi connectivity index (χ0v) is 22.0. The SMILES string of the molecule is O=C1c2c(O)cc3c(c2OC(c2ccc(O)c(O)c2O)C1O)C1c2c(O)cc(O)cc2OC(c2ccc(O)c(O)c2)(O3)C1O. The minimum absolute atomic E-state index is 0.0311. The lowest BCUT2D eigenvalue weighted by molar-refractivity contribution is -0.219. The van der Waals surface area contributed by atoms with E-state index >= 15 is 0 Å². The number of Topliss-reactive ketones (excluding diaryl/α,β-unsaturated/α-hetero) is 1. The molecule has 3 heterocycles. The lowest BCUT2D eigenvalue weighted by Crippen LogP contribution is -2.57. The molecule has 0 radical (unpaired) electrons. The number of aliphatic hydroxyl groups excluding tert-OH is 2. The van der Waals surface area contributed by atoms with Crippen molar-refractivity contribution in [1.82, 2.24) is 0 Å². The van der Waals surface area contributed by atoms with Gasteiger partial charge in [0.2, 0.25) is 11.5 Å². The molecule has 0 aromatic heterocycles. The van der Waals surface area contributed by atoms with Crippen LogP contribution >= 0.6 is 0 Å². The summed E-state index contributed by atoms with van der Waals surface area (Å²) < 4.78 is 18.2. The summed E-state index contributed by atoms with van der Waals surface area (Å²) in [6.45, 7) is 0. The first kappa shape index (κ1) is 27.1. The minimum atomic E-state index is -2.23. The number of aliphatic hydroxyl groups is 2. The average molecular weight is 606 g/mol. The highest BCUT2D eigenvalue weighted by Crippen LogP contribution is 2.62. The van der Waals surface area contributed by atoms with Gasteiger partial charge in [-0.15, -0.1) is 0 Å². The fourth-order valence-electron chi connectivity index (χ4n) is 6.07. The monoisotopic (exact) mass is 606 g/mol. The summed E-state index contributed by atoms with van der Waals surface area (Å²) in [7, 11) is 0.